The van der Waals surface area contributed by atoms with Gasteiger partial charge in [0.05, 0.1) is 6.61 Å². The van der Waals surface area contributed by atoms with Crippen molar-refractivity contribution >= 4 is 5.97 Å². The van der Waals surface area contributed by atoms with Gasteiger partial charge in [-0.05, 0) is 25.7 Å². The molecule has 0 saturated heterocycles. The first-order chi connectivity index (χ1) is 8.81. The van der Waals surface area contributed by atoms with Crippen molar-refractivity contribution in [3.8, 4) is 0 Å². The summed E-state index contributed by atoms with van der Waals surface area (Å²) in [7, 11) is 0. The smallest absolute Gasteiger partial charge is 0.305 e. The lowest BCUT2D eigenvalue weighted by Gasteiger charge is -2.02. The molecule has 18 heavy (non-hydrogen) atoms. The Morgan fingerprint density at radius 1 is 1.06 bits per heavy atom. The second-order valence-corrected chi connectivity index (χ2v) is 4.51. The van der Waals surface area contributed by atoms with E-state index in [9.17, 15) is 4.79 Å². The van der Waals surface area contributed by atoms with E-state index in [0.29, 0.717) is 6.42 Å². The van der Waals surface area contributed by atoms with Crippen LogP contribution < -0.4 is 0 Å². The number of rotatable bonds is 12. The second-order valence-electron chi connectivity index (χ2n) is 4.51. The first kappa shape index (κ1) is 17.2. The van der Waals surface area contributed by atoms with Gasteiger partial charge < -0.3 is 9.84 Å². The number of aliphatic hydroxyl groups is 1. The molecule has 3 heteroatoms. The van der Waals surface area contributed by atoms with Crippen LogP contribution in [0.5, 0.6) is 0 Å². The number of allylic oxidation sites excluding steroid dienone is 2. The summed E-state index contributed by atoms with van der Waals surface area (Å²) in [4.78, 5) is 11.1. The fourth-order valence-corrected chi connectivity index (χ4v) is 1.67. The van der Waals surface area contributed by atoms with Crippen molar-refractivity contribution in [3.05, 3.63) is 12.2 Å². The topological polar surface area (TPSA) is 46.5 Å². The Hall–Kier alpha value is -0.830. The molecule has 0 spiro atoms. The molecular formula is C15H28O3. The molecule has 3 nitrogen and oxygen atoms in total. The van der Waals surface area contributed by atoms with Crippen molar-refractivity contribution in [2.45, 2.75) is 64.7 Å². The van der Waals surface area contributed by atoms with Gasteiger partial charge in [-0.3, -0.25) is 4.79 Å². The zero-order chi connectivity index (χ0) is 13.5. The average molecular weight is 256 g/mol. The Labute approximate surface area is 111 Å². The van der Waals surface area contributed by atoms with E-state index in [1.807, 2.05) is 0 Å². The highest BCUT2D eigenvalue weighted by Gasteiger charge is 2.01. The predicted molar refractivity (Wildman–Crippen MR) is 74.4 cm³/mol. The number of carbonyl (C=O) groups excluding carboxylic acids is 1. The van der Waals surface area contributed by atoms with Crippen LogP contribution in [0.4, 0.5) is 0 Å². The molecule has 0 unspecified atom stereocenters. The Kier molecular flexibility index (Phi) is 13.6. The van der Waals surface area contributed by atoms with Crippen LogP contribution in [0.2, 0.25) is 0 Å². The molecule has 0 aromatic carbocycles. The van der Waals surface area contributed by atoms with Crippen LogP contribution in [0.1, 0.15) is 64.7 Å². The Balaban J connectivity index is 3.15. The van der Waals surface area contributed by atoms with Crippen LogP contribution in [0.15, 0.2) is 12.2 Å². The van der Waals surface area contributed by atoms with Crippen LogP contribution in [0, 0.1) is 0 Å². The largest absolute Gasteiger partial charge is 0.463 e. The lowest BCUT2D eigenvalue weighted by atomic mass is 10.1. The van der Waals surface area contributed by atoms with Crippen molar-refractivity contribution in [2.75, 3.05) is 13.2 Å². The Morgan fingerprint density at radius 3 is 2.39 bits per heavy atom. The number of hydrogen-bond acceptors (Lipinski definition) is 3. The van der Waals surface area contributed by atoms with Crippen LogP contribution in [-0.2, 0) is 9.53 Å². The maximum Gasteiger partial charge on any atom is 0.305 e. The number of hydrogen-bond donors (Lipinski definition) is 1. The van der Waals surface area contributed by atoms with Gasteiger partial charge >= 0.3 is 5.97 Å². The average Bonchev–Trinajstić information content (AvgIpc) is 2.38. The van der Waals surface area contributed by atoms with Crippen LogP contribution in [0.3, 0.4) is 0 Å². The third-order valence-electron chi connectivity index (χ3n) is 2.75. The highest BCUT2D eigenvalue weighted by molar-refractivity contribution is 5.69. The number of carbonyl (C=O) groups is 1. The quantitative estimate of drug-likeness (QED) is 0.329. The zero-order valence-corrected chi connectivity index (χ0v) is 11.7. The fraction of sp³-hybridized carbons (Fsp3) is 0.800. The maximum atomic E-state index is 11.1. The van der Waals surface area contributed by atoms with E-state index >= 15 is 0 Å². The second kappa shape index (κ2) is 14.2. The fourth-order valence-electron chi connectivity index (χ4n) is 1.67. The minimum absolute atomic E-state index is 0.0872. The summed E-state index contributed by atoms with van der Waals surface area (Å²) in [6, 6.07) is 0. The Bertz CT molecular complexity index is 212. The minimum Gasteiger partial charge on any atom is -0.463 e. The number of unbranched alkanes of at least 4 members (excludes halogenated alkanes) is 6. The van der Waals surface area contributed by atoms with Crippen molar-refractivity contribution in [1.82, 2.24) is 0 Å². The monoisotopic (exact) mass is 256 g/mol. The summed E-state index contributed by atoms with van der Waals surface area (Å²) in [6.07, 6.45) is 14.3. The molecule has 0 amide bonds. The van der Waals surface area contributed by atoms with Gasteiger partial charge in [-0.2, -0.15) is 0 Å². The van der Waals surface area contributed by atoms with Gasteiger partial charge in [0, 0.05) is 6.42 Å². The van der Waals surface area contributed by atoms with Crippen LogP contribution in [0.25, 0.3) is 0 Å². The normalized spacial score (nSPS) is 11.0. The standard InChI is InChI=1S/C15H28O3/c1-2-3-4-5-6-7-8-9-10-11-12-15(17)18-14-13-16/h5-6,16H,2-4,7-14H2,1H3/b6-5-. The van der Waals surface area contributed by atoms with Crippen LogP contribution in [-0.4, -0.2) is 24.3 Å². The molecule has 0 aliphatic rings. The molecule has 1 N–H and O–H groups in total. The highest BCUT2D eigenvalue weighted by Crippen LogP contribution is 2.07. The molecule has 106 valence electrons. The molecule has 0 aliphatic heterocycles. The summed E-state index contributed by atoms with van der Waals surface area (Å²) in [6.45, 7) is 2.25. The van der Waals surface area contributed by atoms with Crippen molar-refractivity contribution < 1.29 is 14.6 Å². The molecule has 0 rings (SSSR count). The van der Waals surface area contributed by atoms with Gasteiger partial charge in [0.25, 0.3) is 0 Å². The summed E-state index contributed by atoms with van der Waals surface area (Å²) in [5.74, 6) is -0.191. The molecule has 0 bridgehead atoms. The first-order valence-electron chi connectivity index (χ1n) is 7.22. The molecule has 0 fully saturated rings. The van der Waals surface area contributed by atoms with Crippen molar-refractivity contribution in [2.24, 2.45) is 0 Å². The van der Waals surface area contributed by atoms with E-state index < -0.39 is 0 Å². The minimum atomic E-state index is -0.191. The molecule has 0 atom stereocenters. The van der Waals surface area contributed by atoms with Gasteiger partial charge in [-0.15, -0.1) is 0 Å². The van der Waals surface area contributed by atoms with Crippen molar-refractivity contribution in [3.63, 3.8) is 0 Å². The van der Waals surface area contributed by atoms with Gasteiger partial charge in [0.1, 0.15) is 6.61 Å². The maximum absolute atomic E-state index is 11.1. The SMILES string of the molecule is CCCC/C=C\CCCCCCC(=O)OCCO. The summed E-state index contributed by atoms with van der Waals surface area (Å²) < 4.78 is 4.77. The highest BCUT2D eigenvalue weighted by atomic mass is 16.5. The molecule has 0 aliphatic carbocycles. The molecule has 0 aromatic heterocycles. The van der Waals surface area contributed by atoms with E-state index in [1.54, 1.807) is 0 Å². The van der Waals surface area contributed by atoms with Gasteiger partial charge in [-0.1, -0.05) is 44.8 Å². The molecular weight excluding hydrogens is 228 g/mol. The third-order valence-corrected chi connectivity index (χ3v) is 2.75. The van der Waals surface area contributed by atoms with Gasteiger partial charge in [-0.25, -0.2) is 0 Å². The third kappa shape index (κ3) is 13.2. The number of esters is 1. The number of ether oxygens (including phenoxy) is 1. The molecule has 0 heterocycles. The van der Waals surface area contributed by atoms with Gasteiger partial charge in [0.2, 0.25) is 0 Å². The van der Waals surface area contributed by atoms with Gasteiger partial charge in [0.15, 0.2) is 0 Å². The number of aliphatic hydroxyl groups excluding tert-OH is 1. The predicted octanol–water partition coefficient (Wildman–Crippen LogP) is 3.61. The molecule has 0 aromatic rings. The first-order valence-corrected chi connectivity index (χ1v) is 7.22. The van der Waals surface area contributed by atoms with Crippen LogP contribution >= 0.6 is 0 Å². The van der Waals surface area contributed by atoms with E-state index in [-0.39, 0.29) is 19.2 Å². The molecule has 0 saturated carbocycles. The summed E-state index contributed by atoms with van der Waals surface area (Å²) in [5, 5.41) is 8.48. The lowest BCUT2D eigenvalue weighted by Crippen LogP contribution is -2.07. The zero-order valence-electron chi connectivity index (χ0n) is 11.7. The van der Waals surface area contributed by atoms with Crippen molar-refractivity contribution in [1.29, 1.82) is 0 Å². The Morgan fingerprint density at radius 2 is 1.72 bits per heavy atom. The van der Waals surface area contributed by atoms with E-state index in [4.69, 9.17) is 9.84 Å². The molecule has 0 radical (unpaired) electrons. The lowest BCUT2D eigenvalue weighted by molar-refractivity contribution is -0.144. The summed E-state index contributed by atoms with van der Waals surface area (Å²) in [5.41, 5.74) is 0. The van der Waals surface area contributed by atoms with E-state index in [0.717, 1.165) is 19.3 Å². The van der Waals surface area contributed by atoms with E-state index in [2.05, 4.69) is 19.1 Å². The summed E-state index contributed by atoms with van der Waals surface area (Å²) >= 11 is 0. The van der Waals surface area contributed by atoms with E-state index in [1.165, 1.54) is 32.1 Å².